The first-order chi connectivity index (χ1) is 8.54. The molecule has 0 spiro atoms. The van der Waals surface area contributed by atoms with E-state index in [0.29, 0.717) is 12.1 Å². The minimum Gasteiger partial charge on any atom is -0.480 e. The number of amides is 1. The van der Waals surface area contributed by atoms with E-state index in [1.807, 2.05) is 18.2 Å². The number of carboxylic acids is 1. The molecular formula is C13H18N2O3. The minimum atomic E-state index is -0.910. The second kappa shape index (κ2) is 6.76. The standard InChI is InChI=1S/C13H18N2O3/c1-3-11(13(17)18)15(2)9-12(16)14-10-7-5-4-6-8-10/h4-8,11H,3,9H2,1-2H3,(H,14,16)(H,17,18). The van der Waals surface area contributed by atoms with E-state index in [9.17, 15) is 9.59 Å². The van der Waals surface area contributed by atoms with Crippen molar-refractivity contribution in [3.8, 4) is 0 Å². The first-order valence-corrected chi connectivity index (χ1v) is 5.82. The zero-order chi connectivity index (χ0) is 13.5. The van der Waals surface area contributed by atoms with Gasteiger partial charge in [-0.3, -0.25) is 14.5 Å². The lowest BCUT2D eigenvalue weighted by Crippen LogP contribution is -2.42. The number of anilines is 1. The topological polar surface area (TPSA) is 69.6 Å². The highest BCUT2D eigenvalue weighted by Gasteiger charge is 2.22. The predicted octanol–water partition coefficient (Wildman–Crippen LogP) is 1.42. The van der Waals surface area contributed by atoms with Crippen molar-refractivity contribution in [1.29, 1.82) is 0 Å². The Labute approximate surface area is 106 Å². The van der Waals surface area contributed by atoms with Gasteiger partial charge in [0.2, 0.25) is 5.91 Å². The number of para-hydroxylation sites is 1. The Balaban J connectivity index is 2.52. The fourth-order valence-electron chi connectivity index (χ4n) is 1.73. The van der Waals surface area contributed by atoms with Crippen molar-refractivity contribution in [2.45, 2.75) is 19.4 Å². The van der Waals surface area contributed by atoms with Crippen molar-refractivity contribution in [3.63, 3.8) is 0 Å². The second-order valence-electron chi connectivity index (χ2n) is 4.09. The molecule has 1 rings (SSSR count). The average Bonchev–Trinajstić information content (AvgIpc) is 2.30. The van der Waals surface area contributed by atoms with Crippen LogP contribution in [-0.2, 0) is 9.59 Å². The Kier molecular flexibility index (Phi) is 5.32. The predicted molar refractivity (Wildman–Crippen MR) is 69.4 cm³/mol. The highest BCUT2D eigenvalue weighted by Crippen LogP contribution is 2.06. The number of benzene rings is 1. The van der Waals surface area contributed by atoms with Crippen molar-refractivity contribution >= 4 is 17.6 Å². The van der Waals surface area contributed by atoms with Crippen molar-refractivity contribution < 1.29 is 14.7 Å². The van der Waals surface area contributed by atoms with Gasteiger partial charge < -0.3 is 10.4 Å². The van der Waals surface area contributed by atoms with Crippen LogP contribution in [0.3, 0.4) is 0 Å². The summed E-state index contributed by atoms with van der Waals surface area (Å²) >= 11 is 0. The van der Waals surface area contributed by atoms with E-state index in [2.05, 4.69) is 5.32 Å². The van der Waals surface area contributed by atoms with Gasteiger partial charge in [0.15, 0.2) is 0 Å². The molecule has 0 aliphatic carbocycles. The molecule has 98 valence electrons. The van der Waals surface area contributed by atoms with Crippen LogP contribution < -0.4 is 5.32 Å². The van der Waals surface area contributed by atoms with E-state index in [1.165, 1.54) is 4.90 Å². The summed E-state index contributed by atoms with van der Waals surface area (Å²) in [5.41, 5.74) is 0.708. The van der Waals surface area contributed by atoms with Gasteiger partial charge >= 0.3 is 5.97 Å². The van der Waals surface area contributed by atoms with Gasteiger partial charge in [0.25, 0.3) is 0 Å². The smallest absolute Gasteiger partial charge is 0.320 e. The zero-order valence-corrected chi connectivity index (χ0v) is 10.6. The van der Waals surface area contributed by atoms with Crippen LogP contribution in [0.15, 0.2) is 30.3 Å². The molecule has 2 N–H and O–H groups in total. The number of hydrogen-bond acceptors (Lipinski definition) is 3. The maximum Gasteiger partial charge on any atom is 0.320 e. The summed E-state index contributed by atoms with van der Waals surface area (Å²) in [4.78, 5) is 24.2. The molecule has 0 aromatic heterocycles. The first kappa shape index (κ1) is 14.2. The highest BCUT2D eigenvalue weighted by molar-refractivity contribution is 5.92. The summed E-state index contributed by atoms with van der Waals surface area (Å²) < 4.78 is 0. The van der Waals surface area contributed by atoms with Gasteiger partial charge in [-0.15, -0.1) is 0 Å². The zero-order valence-electron chi connectivity index (χ0n) is 10.6. The SMILES string of the molecule is CCC(C(=O)O)N(C)CC(=O)Nc1ccccc1. The highest BCUT2D eigenvalue weighted by atomic mass is 16.4. The van der Waals surface area contributed by atoms with Gasteiger partial charge in [0.1, 0.15) is 6.04 Å². The Morgan fingerprint density at radius 3 is 2.44 bits per heavy atom. The van der Waals surface area contributed by atoms with Crippen LogP contribution in [0.25, 0.3) is 0 Å². The van der Waals surface area contributed by atoms with Crippen LogP contribution in [0.4, 0.5) is 5.69 Å². The maximum atomic E-state index is 11.7. The molecule has 5 heteroatoms. The van der Waals surface area contributed by atoms with E-state index in [0.717, 1.165) is 0 Å². The second-order valence-corrected chi connectivity index (χ2v) is 4.09. The van der Waals surface area contributed by atoms with Crippen LogP contribution in [0.5, 0.6) is 0 Å². The summed E-state index contributed by atoms with van der Waals surface area (Å²) in [6.45, 7) is 1.84. The Bertz CT molecular complexity index is 406. The Morgan fingerprint density at radius 1 is 1.33 bits per heavy atom. The molecule has 0 fully saturated rings. The third kappa shape index (κ3) is 4.18. The lowest BCUT2D eigenvalue weighted by atomic mass is 10.2. The molecule has 0 bridgehead atoms. The van der Waals surface area contributed by atoms with Gasteiger partial charge in [-0.2, -0.15) is 0 Å². The molecule has 5 nitrogen and oxygen atoms in total. The number of carbonyl (C=O) groups excluding carboxylic acids is 1. The van der Waals surface area contributed by atoms with E-state index in [1.54, 1.807) is 26.1 Å². The third-order valence-corrected chi connectivity index (χ3v) is 2.65. The summed E-state index contributed by atoms with van der Waals surface area (Å²) in [5.74, 6) is -1.13. The summed E-state index contributed by atoms with van der Waals surface area (Å²) in [5, 5.41) is 11.7. The summed E-state index contributed by atoms with van der Waals surface area (Å²) in [6, 6.07) is 8.45. The molecule has 18 heavy (non-hydrogen) atoms. The van der Waals surface area contributed by atoms with Gasteiger partial charge in [-0.25, -0.2) is 0 Å². The van der Waals surface area contributed by atoms with E-state index in [-0.39, 0.29) is 12.5 Å². The number of nitrogens with zero attached hydrogens (tertiary/aromatic N) is 1. The molecule has 1 aromatic rings. The molecule has 1 unspecified atom stereocenters. The van der Waals surface area contributed by atoms with Gasteiger partial charge in [0, 0.05) is 5.69 Å². The lowest BCUT2D eigenvalue weighted by Gasteiger charge is -2.22. The normalized spacial score (nSPS) is 12.2. The average molecular weight is 250 g/mol. The number of rotatable bonds is 6. The van der Waals surface area contributed by atoms with E-state index in [4.69, 9.17) is 5.11 Å². The molecule has 1 atom stereocenters. The summed E-state index contributed by atoms with van der Waals surface area (Å²) in [7, 11) is 1.63. The van der Waals surface area contributed by atoms with Crippen LogP contribution in [0.1, 0.15) is 13.3 Å². The molecule has 0 saturated carbocycles. The number of aliphatic carboxylic acids is 1. The lowest BCUT2D eigenvalue weighted by molar-refractivity contribution is -0.143. The van der Waals surface area contributed by atoms with Crippen LogP contribution in [-0.4, -0.2) is 41.5 Å². The van der Waals surface area contributed by atoms with Crippen LogP contribution in [0.2, 0.25) is 0 Å². The summed E-state index contributed by atoms with van der Waals surface area (Å²) in [6.07, 6.45) is 0.463. The fraction of sp³-hybridized carbons (Fsp3) is 0.385. The maximum absolute atomic E-state index is 11.7. The number of likely N-dealkylation sites (N-methyl/N-ethyl adjacent to an activating group) is 1. The largest absolute Gasteiger partial charge is 0.480 e. The van der Waals surface area contributed by atoms with E-state index >= 15 is 0 Å². The van der Waals surface area contributed by atoms with E-state index < -0.39 is 12.0 Å². The van der Waals surface area contributed by atoms with Crippen molar-refractivity contribution in [3.05, 3.63) is 30.3 Å². The van der Waals surface area contributed by atoms with Crippen LogP contribution >= 0.6 is 0 Å². The first-order valence-electron chi connectivity index (χ1n) is 5.82. The Hall–Kier alpha value is -1.88. The van der Waals surface area contributed by atoms with Crippen LogP contribution in [0, 0.1) is 0 Å². The molecule has 0 radical (unpaired) electrons. The fourth-order valence-corrected chi connectivity index (χ4v) is 1.73. The van der Waals surface area contributed by atoms with Crippen molar-refractivity contribution in [1.82, 2.24) is 4.90 Å². The number of nitrogens with one attached hydrogen (secondary N) is 1. The number of hydrogen-bond donors (Lipinski definition) is 2. The number of carbonyl (C=O) groups is 2. The number of carboxylic acid groups (broad SMARTS) is 1. The molecule has 1 amide bonds. The van der Waals surface area contributed by atoms with Gasteiger partial charge in [-0.1, -0.05) is 25.1 Å². The monoisotopic (exact) mass is 250 g/mol. The van der Waals surface area contributed by atoms with Crippen molar-refractivity contribution in [2.75, 3.05) is 18.9 Å². The quantitative estimate of drug-likeness (QED) is 0.801. The molecule has 0 aliphatic heterocycles. The molecule has 0 heterocycles. The van der Waals surface area contributed by atoms with Gasteiger partial charge in [-0.05, 0) is 25.6 Å². The Morgan fingerprint density at radius 2 is 1.94 bits per heavy atom. The molecule has 0 saturated heterocycles. The molecule has 1 aromatic carbocycles. The molecular weight excluding hydrogens is 232 g/mol. The minimum absolute atomic E-state index is 0.0553. The molecule has 0 aliphatic rings. The van der Waals surface area contributed by atoms with Crippen molar-refractivity contribution in [2.24, 2.45) is 0 Å². The van der Waals surface area contributed by atoms with Gasteiger partial charge in [0.05, 0.1) is 6.54 Å². The third-order valence-electron chi connectivity index (χ3n) is 2.65.